The highest BCUT2D eigenvalue weighted by Gasteiger charge is 2.18. The Morgan fingerprint density at radius 2 is 2.05 bits per heavy atom. The van der Waals surface area contributed by atoms with E-state index < -0.39 is 0 Å². The predicted octanol–water partition coefficient (Wildman–Crippen LogP) is 3.43. The summed E-state index contributed by atoms with van der Waals surface area (Å²) in [6.45, 7) is 2.57. The Kier molecular flexibility index (Phi) is 2.83. The lowest BCUT2D eigenvalue weighted by molar-refractivity contribution is 0.0984. The minimum absolute atomic E-state index is 0.0555. The van der Waals surface area contributed by atoms with E-state index in [-0.39, 0.29) is 5.91 Å². The second-order valence-electron chi connectivity index (χ2n) is 4.27. The number of carbonyl (C=O) groups is 1. The summed E-state index contributed by atoms with van der Waals surface area (Å²) in [5, 5.41) is 0. The van der Waals surface area contributed by atoms with Gasteiger partial charge in [-0.3, -0.25) is 4.79 Å². The molecule has 4 nitrogen and oxygen atoms in total. The smallest absolute Gasteiger partial charge is 0.274 e. The lowest BCUT2D eigenvalue weighted by Gasteiger charge is -2.20. The molecule has 0 saturated carbocycles. The van der Waals surface area contributed by atoms with Crippen molar-refractivity contribution in [3.05, 3.63) is 54.4 Å². The van der Waals surface area contributed by atoms with Crippen molar-refractivity contribution in [3.63, 3.8) is 0 Å². The number of hydrogen-bond acceptors (Lipinski definition) is 2. The van der Waals surface area contributed by atoms with Crippen molar-refractivity contribution in [1.29, 1.82) is 0 Å². The summed E-state index contributed by atoms with van der Waals surface area (Å²) >= 11 is 0. The van der Waals surface area contributed by atoms with Gasteiger partial charge in [0.15, 0.2) is 5.58 Å². The standard InChI is InChI=1S/C15H14N2O2/c1-2-17(11-6-4-3-5-7-11)15(18)13-10-14-12(16-13)8-9-19-14/h3-10,16H,2H2,1H3. The Morgan fingerprint density at radius 3 is 2.74 bits per heavy atom. The van der Waals surface area contributed by atoms with E-state index in [0.29, 0.717) is 17.8 Å². The fraction of sp³-hybridized carbons (Fsp3) is 0.133. The van der Waals surface area contributed by atoms with Crippen LogP contribution in [0.2, 0.25) is 0 Å². The molecular weight excluding hydrogens is 240 g/mol. The van der Waals surface area contributed by atoms with Gasteiger partial charge in [0.25, 0.3) is 5.91 Å². The molecule has 2 aromatic heterocycles. The highest BCUT2D eigenvalue weighted by atomic mass is 16.3. The van der Waals surface area contributed by atoms with Gasteiger partial charge in [-0.15, -0.1) is 0 Å². The van der Waals surface area contributed by atoms with Gasteiger partial charge in [-0.05, 0) is 19.1 Å². The molecule has 1 aromatic carbocycles. The molecule has 96 valence electrons. The summed E-state index contributed by atoms with van der Waals surface area (Å²) in [5.74, 6) is -0.0555. The maximum atomic E-state index is 12.5. The average molecular weight is 254 g/mol. The molecule has 0 spiro atoms. The number of furan rings is 1. The normalized spacial score (nSPS) is 10.8. The zero-order chi connectivity index (χ0) is 13.2. The SMILES string of the molecule is CCN(C(=O)c1cc2occc2[nH]1)c1ccccc1. The molecule has 3 aromatic rings. The summed E-state index contributed by atoms with van der Waals surface area (Å²) in [4.78, 5) is 17.3. The van der Waals surface area contributed by atoms with Crippen LogP contribution < -0.4 is 4.90 Å². The monoisotopic (exact) mass is 254 g/mol. The van der Waals surface area contributed by atoms with Crippen molar-refractivity contribution in [2.75, 3.05) is 11.4 Å². The number of nitrogens with one attached hydrogen (secondary N) is 1. The molecule has 0 bridgehead atoms. The molecule has 0 aliphatic carbocycles. The van der Waals surface area contributed by atoms with Gasteiger partial charge >= 0.3 is 0 Å². The van der Waals surface area contributed by atoms with Crippen molar-refractivity contribution in [2.45, 2.75) is 6.92 Å². The summed E-state index contributed by atoms with van der Waals surface area (Å²) in [7, 11) is 0. The average Bonchev–Trinajstić information content (AvgIpc) is 3.01. The fourth-order valence-corrected chi connectivity index (χ4v) is 2.16. The Morgan fingerprint density at radius 1 is 1.26 bits per heavy atom. The minimum Gasteiger partial charge on any atom is -0.463 e. The van der Waals surface area contributed by atoms with Gasteiger partial charge in [-0.25, -0.2) is 0 Å². The summed E-state index contributed by atoms with van der Waals surface area (Å²) in [5.41, 5.74) is 2.97. The molecule has 0 radical (unpaired) electrons. The number of para-hydroxylation sites is 1. The molecule has 1 N–H and O–H groups in total. The van der Waals surface area contributed by atoms with Gasteiger partial charge in [-0.2, -0.15) is 0 Å². The number of fused-ring (bicyclic) bond motifs is 1. The molecule has 3 rings (SSSR count). The first-order valence-corrected chi connectivity index (χ1v) is 6.22. The molecule has 0 aliphatic heterocycles. The van der Waals surface area contributed by atoms with Crippen molar-refractivity contribution in [3.8, 4) is 0 Å². The number of aromatic nitrogens is 1. The Labute approximate surface area is 110 Å². The van der Waals surface area contributed by atoms with E-state index in [1.807, 2.05) is 43.3 Å². The zero-order valence-corrected chi connectivity index (χ0v) is 10.6. The van der Waals surface area contributed by atoms with Gasteiger partial charge in [0.1, 0.15) is 5.69 Å². The van der Waals surface area contributed by atoms with E-state index in [0.717, 1.165) is 11.2 Å². The molecule has 1 amide bonds. The number of H-pyrrole nitrogens is 1. The number of benzene rings is 1. The number of carbonyl (C=O) groups excluding carboxylic acids is 1. The first-order chi connectivity index (χ1) is 9.29. The number of hydrogen-bond donors (Lipinski definition) is 1. The van der Waals surface area contributed by atoms with E-state index >= 15 is 0 Å². The zero-order valence-electron chi connectivity index (χ0n) is 10.6. The fourth-order valence-electron chi connectivity index (χ4n) is 2.16. The van der Waals surface area contributed by atoms with Crippen LogP contribution in [-0.2, 0) is 0 Å². The second-order valence-corrected chi connectivity index (χ2v) is 4.27. The van der Waals surface area contributed by atoms with Crippen LogP contribution >= 0.6 is 0 Å². The van der Waals surface area contributed by atoms with E-state index in [9.17, 15) is 4.79 Å². The van der Waals surface area contributed by atoms with E-state index in [1.54, 1.807) is 17.2 Å². The van der Waals surface area contributed by atoms with Crippen molar-refractivity contribution in [2.24, 2.45) is 0 Å². The van der Waals surface area contributed by atoms with Gasteiger partial charge in [0.2, 0.25) is 0 Å². The number of rotatable bonds is 3. The van der Waals surface area contributed by atoms with Crippen LogP contribution in [0.4, 0.5) is 5.69 Å². The molecule has 19 heavy (non-hydrogen) atoms. The van der Waals surface area contributed by atoms with Crippen LogP contribution in [0.15, 0.2) is 53.1 Å². The third-order valence-electron chi connectivity index (χ3n) is 3.10. The van der Waals surface area contributed by atoms with Crippen LogP contribution in [0, 0.1) is 0 Å². The molecule has 0 atom stereocenters. The van der Waals surface area contributed by atoms with Gasteiger partial charge in [0, 0.05) is 24.4 Å². The first kappa shape index (κ1) is 11.6. The maximum Gasteiger partial charge on any atom is 0.274 e. The summed E-state index contributed by atoms with van der Waals surface area (Å²) < 4.78 is 5.27. The van der Waals surface area contributed by atoms with Crippen LogP contribution in [0.25, 0.3) is 11.1 Å². The van der Waals surface area contributed by atoms with Gasteiger partial charge in [-0.1, -0.05) is 18.2 Å². The first-order valence-electron chi connectivity index (χ1n) is 6.22. The Bertz CT molecular complexity index is 669. The lowest BCUT2D eigenvalue weighted by Crippen LogP contribution is -2.30. The third-order valence-corrected chi connectivity index (χ3v) is 3.10. The lowest BCUT2D eigenvalue weighted by atomic mass is 10.2. The second kappa shape index (κ2) is 4.65. The van der Waals surface area contributed by atoms with Gasteiger partial charge < -0.3 is 14.3 Å². The Balaban J connectivity index is 1.95. The van der Waals surface area contributed by atoms with Gasteiger partial charge in [0.05, 0.1) is 11.8 Å². The highest BCUT2D eigenvalue weighted by Crippen LogP contribution is 2.20. The molecule has 2 heterocycles. The quantitative estimate of drug-likeness (QED) is 0.778. The molecule has 4 heteroatoms. The molecule has 0 aliphatic rings. The Hall–Kier alpha value is -2.49. The van der Waals surface area contributed by atoms with Crippen LogP contribution in [0.3, 0.4) is 0 Å². The van der Waals surface area contributed by atoms with Crippen LogP contribution in [0.5, 0.6) is 0 Å². The maximum absolute atomic E-state index is 12.5. The van der Waals surface area contributed by atoms with E-state index in [4.69, 9.17) is 4.42 Å². The minimum atomic E-state index is -0.0555. The van der Waals surface area contributed by atoms with E-state index in [1.165, 1.54) is 0 Å². The number of aromatic amines is 1. The molecular formula is C15H14N2O2. The summed E-state index contributed by atoms with van der Waals surface area (Å²) in [6.07, 6.45) is 1.60. The van der Waals surface area contributed by atoms with Crippen molar-refractivity contribution in [1.82, 2.24) is 4.98 Å². The third kappa shape index (κ3) is 2.01. The van der Waals surface area contributed by atoms with E-state index in [2.05, 4.69) is 4.98 Å². The summed E-state index contributed by atoms with van der Waals surface area (Å²) in [6, 6.07) is 13.2. The number of anilines is 1. The molecule has 0 unspecified atom stereocenters. The topological polar surface area (TPSA) is 49.2 Å². The predicted molar refractivity (Wildman–Crippen MR) is 74.4 cm³/mol. The molecule has 0 saturated heterocycles. The highest BCUT2D eigenvalue weighted by molar-refractivity contribution is 6.06. The van der Waals surface area contributed by atoms with Crippen molar-refractivity contribution >= 4 is 22.7 Å². The van der Waals surface area contributed by atoms with Crippen LogP contribution in [0.1, 0.15) is 17.4 Å². The largest absolute Gasteiger partial charge is 0.463 e. The number of amides is 1. The van der Waals surface area contributed by atoms with Crippen molar-refractivity contribution < 1.29 is 9.21 Å². The van der Waals surface area contributed by atoms with Crippen LogP contribution in [-0.4, -0.2) is 17.4 Å². The number of nitrogens with zero attached hydrogens (tertiary/aromatic N) is 1. The molecule has 0 fully saturated rings.